The van der Waals surface area contributed by atoms with E-state index in [1.807, 2.05) is 0 Å². The van der Waals surface area contributed by atoms with Crippen LogP contribution in [0.1, 0.15) is 11.3 Å². The van der Waals surface area contributed by atoms with Crippen molar-refractivity contribution in [2.45, 2.75) is 6.18 Å². The Morgan fingerprint density at radius 3 is 2.35 bits per heavy atom. The van der Waals surface area contributed by atoms with E-state index in [2.05, 4.69) is 6.58 Å². The Hall–Kier alpha value is -2.35. The molecule has 0 radical (unpaired) electrons. The molecule has 2 aromatic rings. The van der Waals surface area contributed by atoms with Crippen LogP contribution in [0, 0.1) is 5.82 Å². The van der Waals surface area contributed by atoms with E-state index in [1.54, 1.807) is 0 Å². The molecule has 0 N–H and O–H groups in total. The molecule has 0 saturated heterocycles. The van der Waals surface area contributed by atoms with Crippen LogP contribution in [0.3, 0.4) is 0 Å². The predicted octanol–water partition coefficient (Wildman–Crippen LogP) is 2.99. The number of hydrogen-bond donors (Lipinski definition) is 0. The first-order valence-electron chi connectivity index (χ1n) is 6.10. The molecule has 4 nitrogen and oxygen atoms in total. The zero-order valence-corrected chi connectivity index (χ0v) is 12.4. The molecule has 23 heavy (non-hydrogen) atoms. The summed E-state index contributed by atoms with van der Waals surface area (Å²) in [4.78, 5) is 24.0. The lowest BCUT2D eigenvalue weighted by molar-refractivity contribution is -0.144. The molecule has 0 saturated carbocycles. The van der Waals surface area contributed by atoms with E-state index in [0.29, 0.717) is 4.57 Å². The van der Waals surface area contributed by atoms with Gasteiger partial charge >= 0.3 is 11.9 Å². The maximum Gasteiger partial charge on any atom is 0.431 e. The molecule has 1 heterocycles. The van der Waals surface area contributed by atoms with Gasteiger partial charge < -0.3 is 0 Å². The van der Waals surface area contributed by atoms with Crippen molar-refractivity contribution in [3.05, 3.63) is 67.7 Å². The minimum Gasteiger partial charge on any atom is -0.292 e. The molecule has 0 aliphatic rings. The fraction of sp³-hybridized carbons (Fsp3) is 0.143. The summed E-state index contributed by atoms with van der Waals surface area (Å²) in [5, 5.41) is -0.0157. The van der Waals surface area contributed by atoms with Crippen LogP contribution in [0.25, 0.3) is 11.8 Å². The van der Waals surface area contributed by atoms with Crippen molar-refractivity contribution in [1.82, 2.24) is 9.13 Å². The molecule has 0 amide bonds. The zero-order valence-electron chi connectivity index (χ0n) is 11.6. The van der Waals surface area contributed by atoms with Gasteiger partial charge in [-0.3, -0.25) is 9.36 Å². The summed E-state index contributed by atoms with van der Waals surface area (Å²) >= 11 is 5.75. The van der Waals surface area contributed by atoms with Crippen LogP contribution >= 0.6 is 11.6 Å². The number of halogens is 5. The fourth-order valence-corrected chi connectivity index (χ4v) is 2.23. The molecule has 2 rings (SSSR count). The lowest BCUT2D eigenvalue weighted by Crippen LogP contribution is -2.41. The van der Waals surface area contributed by atoms with Crippen LogP contribution in [0.5, 0.6) is 0 Å². The molecular formula is C14H9ClF4N2O2. The van der Waals surface area contributed by atoms with E-state index in [-0.39, 0.29) is 21.2 Å². The van der Waals surface area contributed by atoms with Gasteiger partial charge in [0.25, 0.3) is 5.56 Å². The third-order valence-electron chi connectivity index (χ3n) is 3.14. The van der Waals surface area contributed by atoms with E-state index < -0.39 is 34.6 Å². The van der Waals surface area contributed by atoms with Crippen molar-refractivity contribution < 1.29 is 17.6 Å². The van der Waals surface area contributed by atoms with Gasteiger partial charge in [0.15, 0.2) is 0 Å². The smallest absolute Gasteiger partial charge is 0.292 e. The Morgan fingerprint density at radius 2 is 1.83 bits per heavy atom. The number of hydrogen-bond acceptors (Lipinski definition) is 2. The first kappa shape index (κ1) is 17.0. The van der Waals surface area contributed by atoms with Crippen LogP contribution in [0.2, 0.25) is 5.02 Å². The second-order valence-electron chi connectivity index (χ2n) is 4.57. The monoisotopic (exact) mass is 348 g/mol. The van der Waals surface area contributed by atoms with E-state index in [9.17, 15) is 27.2 Å². The molecule has 0 unspecified atom stereocenters. The summed E-state index contributed by atoms with van der Waals surface area (Å²) in [6, 6.07) is 2.13. The highest BCUT2D eigenvalue weighted by molar-refractivity contribution is 6.32. The average molecular weight is 349 g/mol. The summed E-state index contributed by atoms with van der Waals surface area (Å²) in [6.45, 7) is 3.44. The summed E-state index contributed by atoms with van der Waals surface area (Å²) in [5.41, 5.74) is -4.36. The van der Waals surface area contributed by atoms with Gasteiger partial charge in [-0.15, -0.1) is 0 Å². The van der Waals surface area contributed by atoms with Crippen LogP contribution < -0.4 is 11.2 Å². The molecular weight excluding hydrogens is 340 g/mol. The van der Waals surface area contributed by atoms with Crippen molar-refractivity contribution in [3.8, 4) is 5.69 Å². The first-order valence-corrected chi connectivity index (χ1v) is 6.48. The van der Waals surface area contributed by atoms with Crippen LogP contribution in [-0.2, 0) is 13.2 Å². The van der Waals surface area contributed by atoms with Gasteiger partial charge in [-0.2, -0.15) is 13.2 Å². The van der Waals surface area contributed by atoms with E-state index in [1.165, 1.54) is 6.08 Å². The number of aromatic nitrogens is 2. The molecule has 1 aromatic heterocycles. The van der Waals surface area contributed by atoms with Crippen LogP contribution in [0.15, 0.2) is 34.4 Å². The van der Waals surface area contributed by atoms with Crippen LogP contribution in [0.4, 0.5) is 17.6 Å². The molecule has 0 fully saturated rings. The van der Waals surface area contributed by atoms with Gasteiger partial charge in [-0.1, -0.05) is 24.3 Å². The van der Waals surface area contributed by atoms with Gasteiger partial charge in [0.1, 0.15) is 11.5 Å². The summed E-state index contributed by atoms with van der Waals surface area (Å²) < 4.78 is 52.9. The second kappa shape index (κ2) is 5.69. The average Bonchev–Trinajstić information content (AvgIpc) is 2.44. The number of nitrogens with zero attached hydrogens (tertiary/aromatic N) is 2. The highest BCUT2D eigenvalue weighted by Crippen LogP contribution is 2.27. The Kier molecular flexibility index (Phi) is 4.21. The number of alkyl halides is 3. The molecule has 0 aliphatic heterocycles. The molecule has 0 bridgehead atoms. The molecule has 0 spiro atoms. The zero-order chi connectivity index (χ0) is 17.5. The highest BCUT2D eigenvalue weighted by atomic mass is 35.5. The molecule has 0 atom stereocenters. The highest BCUT2D eigenvalue weighted by Gasteiger charge is 2.35. The van der Waals surface area contributed by atoms with Crippen molar-refractivity contribution >= 4 is 17.7 Å². The third-order valence-corrected chi connectivity index (χ3v) is 3.46. The van der Waals surface area contributed by atoms with Crippen LogP contribution in [-0.4, -0.2) is 9.13 Å². The maximum atomic E-state index is 14.0. The minimum absolute atomic E-state index is 0.0157. The van der Waals surface area contributed by atoms with Gasteiger partial charge in [0.05, 0.1) is 10.7 Å². The normalized spacial score (nSPS) is 11.6. The summed E-state index contributed by atoms with van der Waals surface area (Å²) in [5.74, 6) is -1.03. The minimum atomic E-state index is -4.89. The Bertz CT molecular complexity index is 913. The van der Waals surface area contributed by atoms with E-state index >= 15 is 0 Å². The van der Waals surface area contributed by atoms with Gasteiger partial charge in [-0.25, -0.2) is 13.8 Å². The lowest BCUT2D eigenvalue weighted by atomic mass is 10.2. The molecule has 9 heteroatoms. The fourth-order valence-electron chi connectivity index (χ4n) is 2.00. The standard InChI is InChI=1S/C14H9ClF4N2O2/c1-3-7-4-10(9(16)5-8(7)15)21-12(22)6-11(14(17,18)19)20(2)13(21)23/h3-6H,1H2,2H3. The second-order valence-corrected chi connectivity index (χ2v) is 4.98. The first-order chi connectivity index (χ1) is 10.6. The molecule has 1 aromatic carbocycles. The Labute approximate surface area is 131 Å². The lowest BCUT2D eigenvalue weighted by Gasteiger charge is -2.14. The van der Waals surface area contributed by atoms with Crippen molar-refractivity contribution in [3.63, 3.8) is 0 Å². The largest absolute Gasteiger partial charge is 0.431 e. The van der Waals surface area contributed by atoms with Crippen molar-refractivity contribution in [2.24, 2.45) is 7.05 Å². The van der Waals surface area contributed by atoms with Gasteiger partial charge in [-0.05, 0) is 17.7 Å². The molecule has 0 aliphatic carbocycles. The topological polar surface area (TPSA) is 44.0 Å². The Balaban J connectivity index is 2.87. The van der Waals surface area contributed by atoms with Crippen molar-refractivity contribution in [1.29, 1.82) is 0 Å². The third kappa shape index (κ3) is 2.94. The predicted molar refractivity (Wildman–Crippen MR) is 77.3 cm³/mol. The van der Waals surface area contributed by atoms with E-state index in [0.717, 1.165) is 19.2 Å². The maximum absolute atomic E-state index is 14.0. The summed E-state index contributed by atoms with van der Waals surface area (Å²) in [6.07, 6.45) is -3.64. The van der Waals surface area contributed by atoms with Gasteiger partial charge in [0.2, 0.25) is 0 Å². The number of rotatable bonds is 2. The molecule has 122 valence electrons. The SMILES string of the molecule is C=Cc1cc(-n2c(=O)cc(C(F)(F)F)n(C)c2=O)c(F)cc1Cl. The number of benzene rings is 1. The van der Waals surface area contributed by atoms with Gasteiger partial charge in [0, 0.05) is 13.1 Å². The van der Waals surface area contributed by atoms with E-state index in [4.69, 9.17) is 11.6 Å². The Morgan fingerprint density at radius 1 is 1.22 bits per heavy atom. The van der Waals surface area contributed by atoms with Crippen molar-refractivity contribution in [2.75, 3.05) is 0 Å². The summed E-state index contributed by atoms with van der Waals surface area (Å²) in [7, 11) is 0.837. The quantitative estimate of drug-likeness (QED) is 0.783.